The Hall–Kier alpha value is -0.120. The number of aliphatic hydroxyl groups is 1. The summed E-state index contributed by atoms with van der Waals surface area (Å²) in [6.45, 7) is 8.06. The van der Waals surface area contributed by atoms with Crippen LogP contribution in [0, 0.1) is 11.8 Å². The summed E-state index contributed by atoms with van der Waals surface area (Å²) in [6.07, 6.45) is 4.75. The summed E-state index contributed by atoms with van der Waals surface area (Å²) in [7, 11) is 0. The topological polar surface area (TPSA) is 35.5 Å². The van der Waals surface area contributed by atoms with E-state index in [9.17, 15) is 5.11 Å². The van der Waals surface area contributed by atoms with Gasteiger partial charge in [-0.3, -0.25) is 0 Å². The van der Waals surface area contributed by atoms with E-state index in [0.717, 1.165) is 32.0 Å². The van der Waals surface area contributed by atoms with Gasteiger partial charge in [-0.15, -0.1) is 0 Å². The van der Waals surface area contributed by atoms with E-state index in [1.54, 1.807) is 0 Å². The first-order valence-electron chi connectivity index (χ1n) is 6.92. The summed E-state index contributed by atoms with van der Waals surface area (Å²) in [5, 5.41) is 13.3. The summed E-state index contributed by atoms with van der Waals surface area (Å²) >= 11 is 0. The van der Waals surface area contributed by atoms with Gasteiger partial charge in [0.2, 0.25) is 0 Å². The van der Waals surface area contributed by atoms with Crippen molar-refractivity contribution in [2.45, 2.75) is 38.7 Å². The van der Waals surface area contributed by atoms with E-state index in [1.807, 2.05) is 0 Å². The SMILES string of the molecule is CCCNCCCN1CC2CCC(O)C2C1. The molecular weight excluding hydrogens is 200 g/mol. The maximum Gasteiger partial charge on any atom is 0.0583 e. The Bertz CT molecular complexity index is 210. The molecule has 94 valence electrons. The molecular formula is C13H26N2O. The van der Waals surface area contributed by atoms with Crippen LogP contribution >= 0.6 is 0 Å². The minimum atomic E-state index is -0.00628. The Balaban J connectivity index is 1.59. The van der Waals surface area contributed by atoms with Gasteiger partial charge in [0.25, 0.3) is 0 Å². The highest BCUT2D eigenvalue weighted by molar-refractivity contribution is 4.93. The molecule has 3 nitrogen and oxygen atoms in total. The maximum absolute atomic E-state index is 9.82. The monoisotopic (exact) mass is 226 g/mol. The zero-order valence-electron chi connectivity index (χ0n) is 10.5. The highest BCUT2D eigenvalue weighted by Crippen LogP contribution is 2.37. The zero-order valence-corrected chi connectivity index (χ0v) is 10.5. The van der Waals surface area contributed by atoms with Crippen LogP contribution in [-0.4, -0.2) is 48.8 Å². The third-order valence-corrected chi connectivity index (χ3v) is 4.15. The normalized spacial score (nSPS) is 34.5. The quantitative estimate of drug-likeness (QED) is 0.665. The van der Waals surface area contributed by atoms with Crippen molar-refractivity contribution in [2.75, 3.05) is 32.7 Å². The second kappa shape index (κ2) is 5.99. The van der Waals surface area contributed by atoms with Gasteiger partial charge < -0.3 is 15.3 Å². The Kier molecular flexibility index (Phi) is 4.62. The molecule has 1 saturated heterocycles. The van der Waals surface area contributed by atoms with Gasteiger partial charge in [0, 0.05) is 19.0 Å². The molecule has 1 saturated carbocycles. The number of fused-ring (bicyclic) bond motifs is 1. The van der Waals surface area contributed by atoms with Crippen molar-refractivity contribution in [3.05, 3.63) is 0 Å². The van der Waals surface area contributed by atoms with E-state index in [2.05, 4.69) is 17.1 Å². The van der Waals surface area contributed by atoms with Crippen LogP contribution in [0.1, 0.15) is 32.6 Å². The van der Waals surface area contributed by atoms with Crippen LogP contribution in [0.5, 0.6) is 0 Å². The molecule has 3 atom stereocenters. The lowest BCUT2D eigenvalue weighted by atomic mass is 10.00. The highest BCUT2D eigenvalue weighted by Gasteiger charge is 2.41. The fourth-order valence-corrected chi connectivity index (χ4v) is 3.24. The van der Waals surface area contributed by atoms with Crippen LogP contribution in [0.3, 0.4) is 0 Å². The van der Waals surface area contributed by atoms with E-state index in [-0.39, 0.29) is 6.10 Å². The van der Waals surface area contributed by atoms with Crippen LogP contribution in [0.15, 0.2) is 0 Å². The van der Waals surface area contributed by atoms with Crippen molar-refractivity contribution >= 4 is 0 Å². The first-order chi connectivity index (χ1) is 7.81. The smallest absolute Gasteiger partial charge is 0.0583 e. The lowest BCUT2D eigenvalue weighted by Gasteiger charge is -2.17. The molecule has 2 rings (SSSR count). The molecule has 16 heavy (non-hydrogen) atoms. The maximum atomic E-state index is 9.82. The Morgan fingerprint density at radius 1 is 1.25 bits per heavy atom. The van der Waals surface area contributed by atoms with Gasteiger partial charge in [0.1, 0.15) is 0 Å². The van der Waals surface area contributed by atoms with Gasteiger partial charge in [-0.1, -0.05) is 6.92 Å². The van der Waals surface area contributed by atoms with Gasteiger partial charge in [0.05, 0.1) is 6.10 Å². The molecule has 1 heterocycles. The number of aliphatic hydroxyl groups excluding tert-OH is 1. The van der Waals surface area contributed by atoms with Gasteiger partial charge in [-0.2, -0.15) is 0 Å². The molecule has 0 spiro atoms. The van der Waals surface area contributed by atoms with Gasteiger partial charge >= 0.3 is 0 Å². The zero-order chi connectivity index (χ0) is 11.4. The standard InChI is InChI=1S/C13H26N2O/c1-2-6-14-7-3-8-15-9-11-4-5-13(16)12(11)10-15/h11-14,16H,2-10H2,1H3. The molecule has 2 aliphatic rings. The van der Waals surface area contributed by atoms with Crippen molar-refractivity contribution < 1.29 is 5.11 Å². The molecule has 1 aliphatic carbocycles. The van der Waals surface area contributed by atoms with E-state index in [4.69, 9.17) is 0 Å². The molecule has 0 amide bonds. The molecule has 2 fully saturated rings. The van der Waals surface area contributed by atoms with Crippen LogP contribution in [0.2, 0.25) is 0 Å². The number of nitrogens with zero attached hydrogens (tertiary/aromatic N) is 1. The van der Waals surface area contributed by atoms with E-state index >= 15 is 0 Å². The first-order valence-corrected chi connectivity index (χ1v) is 6.92. The summed E-state index contributed by atoms with van der Waals surface area (Å²) in [6, 6.07) is 0. The first kappa shape index (κ1) is 12.3. The van der Waals surface area contributed by atoms with Gasteiger partial charge in [0.15, 0.2) is 0 Å². The molecule has 0 aromatic heterocycles. The third kappa shape index (κ3) is 2.96. The summed E-state index contributed by atoms with van der Waals surface area (Å²) < 4.78 is 0. The Labute approximate surface area is 99.2 Å². The van der Waals surface area contributed by atoms with E-state index in [0.29, 0.717) is 5.92 Å². The second-order valence-electron chi connectivity index (χ2n) is 5.43. The van der Waals surface area contributed by atoms with Crippen LogP contribution in [0.25, 0.3) is 0 Å². The van der Waals surface area contributed by atoms with Crippen molar-refractivity contribution in [3.63, 3.8) is 0 Å². The minimum absolute atomic E-state index is 0.00628. The second-order valence-corrected chi connectivity index (χ2v) is 5.43. The molecule has 0 bridgehead atoms. The van der Waals surface area contributed by atoms with Gasteiger partial charge in [-0.05, 0) is 51.2 Å². The third-order valence-electron chi connectivity index (χ3n) is 4.15. The Morgan fingerprint density at radius 3 is 2.88 bits per heavy atom. The summed E-state index contributed by atoms with van der Waals surface area (Å²) in [5.74, 6) is 1.38. The summed E-state index contributed by atoms with van der Waals surface area (Å²) in [4.78, 5) is 2.55. The molecule has 1 aliphatic heterocycles. The minimum Gasteiger partial charge on any atom is -0.393 e. The lowest BCUT2D eigenvalue weighted by molar-refractivity contribution is 0.124. The molecule has 0 radical (unpaired) electrons. The van der Waals surface area contributed by atoms with Crippen LogP contribution in [0.4, 0.5) is 0 Å². The molecule has 3 heteroatoms. The van der Waals surface area contributed by atoms with Crippen molar-refractivity contribution in [1.29, 1.82) is 0 Å². The van der Waals surface area contributed by atoms with E-state index in [1.165, 1.54) is 32.4 Å². The predicted octanol–water partition coefficient (Wildman–Crippen LogP) is 1.08. The molecule has 0 aromatic rings. The van der Waals surface area contributed by atoms with Crippen LogP contribution in [-0.2, 0) is 0 Å². The average molecular weight is 226 g/mol. The molecule has 3 unspecified atom stereocenters. The van der Waals surface area contributed by atoms with Crippen molar-refractivity contribution in [2.24, 2.45) is 11.8 Å². The number of rotatable bonds is 6. The number of hydrogen-bond acceptors (Lipinski definition) is 3. The fourth-order valence-electron chi connectivity index (χ4n) is 3.24. The van der Waals surface area contributed by atoms with Gasteiger partial charge in [-0.25, -0.2) is 0 Å². The van der Waals surface area contributed by atoms with Crippen molar-refractivity contribution in [1.82, 2.24) is 10.2 Å². The number of hydrogen-bond donors (Lipinski definition) is 2. The fraction of sp³-hybridized carbons (Fsp3) is 1.00. The molecule has 0 aromatic carbocycles. The van der Waals surface area contributed by atoms with E-state index < -0.39 is 0 Å². The molecule has 2 N–H and O–H groups in total. The highest BCUT2D eigenvalue weighted by atomic mass is 16.3. The van der Waals surface area contributed by atoms with Crippen LogP contribution < -0.4 is 5.32 Å². The predicted molar refractivity (Wildman–Crippen MR) is 66.4 cm³/mol. The number of nitrogens with one attached hydrogen (secondary N) is 1. The van der Waals surface area contributed by atoms with Crippen molar-refractivity contribution in [3.8, 4) is 0 Å². The number of likely N-dealkylation sites (tertiary alicyclic amines) is 1. The lowest BCUT2D eigenvalue weighted by Crippen LogP contribution is -2.28. The average Bonchev–Trinajstić information content (AvgIpc) is 2.81. The largest absolute Gasteiger partial charge is 0.393 e. The Morgan fingerprint density at radius 2 is 2.12 bits per heavy atom. The summed E-state index contributed by atoms with van der Waals surface area (Å²) in [5.41, 5.74) is 0.